The average molecular weight is 380 g/mol. The largest absolute Gasteiger partial charge is 0.487 e. The maximum absolute atomic E-state index is 13.3. The van der Waals surface area contributed by atoms with Gasteiger partial charge in [-0.05, 0) is 12.1 Å². The SMILES string of the molecule is Nc1c(Cl)c(Cl)nc(C(=O)OCCOc2ccccc2F)c1Cl. The van der Waals surface area contributed by atoms with Crippen molar-refractivity contribution in [3.05, 3.63) is 51.0 Å². The van der Waals surface area contributed by atoms with Crippen molar-refractivity contribution in [3.8, 4) is 5.75 Å². The van der Waals surface area contributed by atoms with Crippen LogP contribution in [0.3, 0.4) is 0 Å². The minimum absolute atomic E-state index is 0.0453. The highest BCUT2D eigenvalue weighted by Crippen LogP contribution is 2.34. The summed E-state index contributed by atoms with van der Waals surface area (Å²) in [7, 11) is 0. The number of carbonyl (C=O) groups excluding carboxylic acids is 1. The Balaban J connectivity index is 1.95. The summed E-state index contributed by atoms with van der Waals surface area (Å²) in [5, 5.41) is -0.362. The Kier molecular flexibility index (Phi) is 5.87. The van der Waals surface area contributed by atoms with Gasteiger partial charge in [0.1, 0.15) is 18.2 Å². The van der Waals surface area contributed by atoms with Gasteiger partial charge in [-0.15, -0.1) is 0 Å². The summed E-state index contributed by atoms with van der Waals surface area (Å²) in [5.41, 5.74) is 5.28. The summed E-state index contributed by atoms with van der Waals surface area (Å²) in [6.07, 6.45) is 0. The third-order valence-corrected chi connectivity index (χ3v) is 3.81. The van der Waals surface area contributed by atoms with Gasteiger partial charge < -0.3 is 15.2 Å². The van der Waals surface area contributed by atoms with Crippen LogP contribution in [0.15, 0.2) is 24.3 Å². The lowest BCUT2D eigenvalue weighted by Crippen LogP contribution is -2.15. The van der Waals surface area contributed by atoms with E-state index in [1.807, 2.05) is 0 Å². The molecule has 0 radical (unpaired) electrons. The van der Waals surface area contributed by atoms with Crippen LogP contribution in [0.5, 0.6) is 5.75 Å². The standard InChI is InChI=1S/C14H10Cl3FN2O3/c15-9-11(19)10(16)13(17)20-12(9)14(21)23-6-5-22-8-4-2-1-3-7(8)18/h1-4H,5-6H2,(H2,19,20). The van der Waals surface area contributed by atoms with E-state index in [0.29, 0.717) is 0 Å². The molecule has 0 aliphatic heterocycles. The zero-order chi connectivity index (χ0) is 17.0. The predicted octanol–water partition coefficient (Wildman–Crippen LogP) is 4.00. The van der Waals surface area contributed by atoms with Gasteiger partial charge in [-0.1, -0.05) is 46.9 Å². The summed E-state index contributed by atoms with van der Waals surface area (Å²) < 4.78 is 23.4. The highest BCUT2D eigenvalue weighted by atomic mass is 35.5. The van der Waals surface area contributed by atoms with Crippen LogP contribution in [0.1, 0.15) is 10.5 Å². The average Bonchev–Trinajstić information content (AvgIpc) is 2.54. The minimum atomic E-state index is -0.850. The third-order valence-electron chi connectivity index (χ3n) is 2.68. The summed E-state index contributed by atoms with van der Waals surface area (Å²) in [6, 6.07) is 5.86. The summed E-state index contributed by atoms with van der Waals surface area (Å²) >= 11 is 17.4. The Hall–Kier alpha value is -1.76. The lowest BCUT2D eigenvalue weighted by Gasteiger charge is -2.10. The number of esters is 1. The molecule has 0 saturated heterocycles. The fourth-order valence-electron chi connectivity index (χ4n) is 1.58. The van der Waals surface area contributed by atoms with Gasteiger partial charge in [0.15, 0.2) is 22.4 Å². The van der Waals surface area contributed by atoms with Gasteiger partial charge in [-0.25, -0.2) is 14.2 Å². The molecule has 0 unspecified atom stereocenters. The second-order valence-corrected chi connectivity index (χ2v) is 5.32. The Morgan fingerprint density at radius 2 is 1.87 bits per heavy atom. The maximum atomic E-state index is 13.3. The van der Waals surface area contributed by atoms with Crippen molar-refractivity contribution in [2.45, 2.75) is 0 Å². The maximum Gasteiger partial charge on any atom is 0.358 e. The number of benzene rings is 1. The number of para-hydroxylation sites is 1. The molecule has 23 heavy (non-hydrogen) atoms. The number of carbonyl (C=O) groups is 1. The number of nitrogen functional groups attached to an aromatic ring is 1. The smallest absolute Gasteiger partial charge is 0.358 e. The highest BCUT2D eigenvalue weighted by Gasteiger charge is 2.20. The molecule has 0 saturated carbocycles. The molecule has 5 nitrogen and oxygen atoms in total. The Morgan fingerprint density at radius 3 is 2.57 bits per heavy atom. The van der Waals surface area contributed by atoms with E-state index >= 15 is 0 Å². The molecule has 2 rings (SSSR count). The topological polar surface area (TPSA) is 74.4 Å². The Labute approximate surface area is 146 Å². The van der Waals surface area contributed by atoms with E-state index in [4.69, 9.17) is 50.0 Å². The van der Waals surface area contributed by atoms with Crippen molar-refractivity contribution in [1.29, 1.82) is 0 Å². The Morgan fingerprint density at radius 1 is 1.17 bits per heavy atom. The molecule has 0 bridgehead atoms. The molecule has 122 valence electrons. The van der Waals surface area contributed by atoms with Crippen LogP contribution < -0.4 is 10.5 Å². The van der Waals surface area contributed by atoms with Crippen LogP contribution in [0, 0.1) is 5.82 Å². The zero-order valence-electron chi connectivity index (χ0n) is 11.5. The van der Waals surface area contributed by atoms with Crippen LogP contribution in [-0.2, 0) is 4.74 Å². The van der Waals surface area contributed by atoms with E-state index in [0.717, 1.165) is 0 Å². The van der Waals surface area contributed by atoms with Crippen LogP contribution in [0.4, 0.5) is 10.1 Å². The van der Waals surface area contributed by atoms with E-state index in [-0.39, 0.29) is 45.5 Å². The number of hydrogen-bond acceptors (Lipinski definition) is 5. The van der Waals surface area contributed by atoms with Gasteiger partial charge in [0, 0.05) is 0 Å². The number of hydrogen-bond donors (Lipinski definition) is 1. The molecule has 0 spiro atoms. The molecule has 0 fully saturated rings. The van der Waals surface area contributed by atoms with E-state index < -0.39 is 11.8 Å². The van der Waals surface area contributed by atoms with E-state index in [1.54, 1.807) is 6.07 Å². The van der Waals surface area contributed by atoms with Gasteiger partial charge in [0.2, 0.25) is 0 Å². The predicted molar refractivity (Wildman–Crippen MR) is 85.9 cm³/mol. The molecule has 1 heterocycles. The first-order valence-corrected chi connectivity index (χ1v) is 7.39. The number of rotatable bonds is 5. The van der Waals surface area contributed by atoms with E-state index in [1.165, 1.54) is 18.2 Å². The Bertz CT molecular complexity index is 743. The van der Waals surface area contributed by atoms with Crippen LogP contribution in [0.25, 0.3) is 0 Å². The second kappa shape index (κ2) is 7.68. The first kappa shape index (κ1) is 17.6. The molecule has 9 heteroatoms. The molecule has 1 aromatic heterocycles. The molecule has 0 aliphatic rings. The third kappa shape index (κ3) is 4.16. The van der Waals surface area contributed by atoms with E-state index in [2.05, 4.69) is 4.98 Å². The van der Waals surface area contributed by atoms with Gasteiger partial charge >= 0.3 is 5.97 Å². The minimum Gasteiger partial charge on any atom is -0.487 e. The van der Waals surface area contributed by atoms with Crippen LogP contribution in [-0.4, -0.2) is 24.2 Å². The molecule has 2 N–H and O–H groups in total. The normalized spacial score (nSPS) is 10.4. The molecule has 0 atom stereocenters. The number of aromatic nitrogens is 1. The van der Waals surface area contributed by atoms with Crippen molar-refractivity contribution < 1.29 is 18.7 Å². The first-order valence-electron chi connectivity index (χ1n) is 6.26. The lowest BCUT2D eigenvalue weighted by molar-refractivity contribution is 0.0442. The van der Waals surface area contributed by atoms with Crippen molar-refractivity contribution in [1.82, 2.24) is 4.98 Å². The quantitative estimate of drug-likeness (QED) is 0.483. The van der Waals surface area contributed by atoms with Crippen molar-refractivity contribution in [2.24, 2.45) is 0 Å². The van der Waals surface area contributed by atoms with Crippen molar-refractivity contribution >= 4 is 46.5 Å². The zero-order valence-corrected chi connectivity index (χ0v) is 13.8. The molecule has 1 aromatic carbocycles. The van der Waals surface area contributed by atoms with Gasteiger partial charge in [-0.3, -0.25) is 0 Å². The monoisotopic (exact) mass is 378 g/mol. The second-order valence-electron chi connectivity index (χ2n) is 4.21. The number of pyridine rings is 1. The number of ether oxygens (including phenoxy) is 2. The van der Waals surface area contributed by atoms with Crippen LogP contribution in [0.2, 0.25) is 15.2 Å². The number of anilines is 1. The van der Waals surface area contributed by atoms with Crippen molar-refractivity contribution in [2.75, 3.05) is 18.9 Å². The number of nitrogens with two attached hydrogens (primary N) is 1. The molecule has 0 aliphatic carbocycles. The van der Waals surface area contributed by atoms with Gasteiger partial charge in [0.25, 0.3) is 0 Å². The first-order chi connectivity index (χ1) is 10.9. The fraction of sp³-hybridized carbons (Fsp3) is 0.143. The summed E-state index contributed by atoms with van der Waals surface area (Å²) in [5.74, 6) is -1.31. The molecule has 0 amide bonds. The van der Waals surface area contributed by atoms with Gasteiger partial charge in [0.05, 0.1) is 10.7 Å². The molecular weight excluding hydrogens is 370 g/mol. The molecule has 2 aromatic rings. The fourth-order valence-corrected chi connectivity index (χ4v) is 2.17. The summed E-state index contributed by atoms with van der Waals surface area (Å²) in [4.78, 5) is 15.6. The van der Waals surface area contributed by atoms with E-state index in [9.17, 15) is 9.18 Å². The lowest BCUT2D eigenvalue weighted by atomic mass is 10.3. The number of nitrogens with zero attached hydrogens (tertiary/aromatic N) is 1. The molecular formula is C14H10Cl3FN2O3. The highest BCUT2D eigenvalue weighted by molar-refractivity contribution is 6.46. The van der Waals surface area contributed by atoms with Gasteiger partial charge in [-0.2, -0.15) is 0 Å². The summed E-state index contributed by atoms with van der Waals surface area (Å²) in [6.45, 7) is -0.202. The van der Waals surface area contributed by atoms with Crippen LogP contribution >= 0.6 is 34.8 Å². The number of halogens is 4. The van der Waals surface area contributed by atoms with Crippen molar-refractivity contribution in [3.63, 3.8) is 0 Å².